The van der Waals surface area contributed by atoms with E-state index in [9.17, 15) is 0 Å². The van der Waals surface area contributed by atoms with E-state index in [1.165, 1.54) is 45.3 Å². The SMILES string of the molecule is CCC1(CN(C)C(C)CC(C)C)CCNCC1. The first-order valence-electron chi connectivity index (χ1n) is 7.40. The molecule has 1 heterocycles. The second-order valence-corrected chi connectivity index (χ2v) is 6.50. The van der Waals surface area contributed by atoms with Crippen molar-refractivity contribution in [1.29, 1.82) is 0 Å². The van der Waals surface area contributed by atoms with E-state index in [1.54, 1.807) is 0 Å². The molecular formula is C15H32N2. The monoisotopic (exact) mass is 240 g/mol. The van der Waals surface area contributed by atoms with E-state index in [0.29, 0.717) is 11.5 Å². The normalized spacial score (nSPS) is 22.1. The first-order valence-corrected chi connectivity index (χ1v) is 7.40. The number of hydrogen-bond donors (Lipinski definition) is 1. The lowest BCUT2D eigenvalue weighted by molar-refractivity contribution is 0.0945. The van der Waals surface area contributed by atoms with Crippen molar-refractivity contribution in [2.45, 2.75) is 59.4 Å². The highest BCUT2D eigenvalue weighted by Gasteiger charge is 2.32. The van der Waals surface area contributed by atoms with Crippen molar-refractivity contribution < 1.29 is 0 Å². The van der Waals surface area contributed by atoms with Crippen molar-refractivity contribution in [2.75, 3.05) is 26.7 Å². The molecule has 1 N–H and O–H groups in total. The van der Waals surface area contributed by atoms with Crippen LogP contribution in [0.15, 0.2) is 0 Å². The van der Waals surface area contributed by atoms with Gasteiger partial charge in [0.25, 0.3) is 0 Å². The molecule has 0 aromatic heterocycles. The smallest absolute Gasteiger partial charge is 0.00665 e. The van der Waals surface area contributed by atoms with Crippen molar-refractivity contribution in [1.82, 2.24) is 10.2 Å². The molecule has 2 nitrogen and oxygen atoms in total. The minimum absolute atomic E-state index is 0.575. The Labute approximate surface area is 108 Å². The molecule has 1 saturated heterocycles. The van der Waals surface area contributed by atoms with E-state index in [4.69, 9.17) is 0 Å². The number of piperidine rings is 1. The molecule has 0 radical (unpaired) electrons. The number of hydrogen-bond acceptors (Lipinski definition) is 2. The molecule has 102 valence electrons. The second kappa shape index (κ2) is 6.75. The third-order valence-electron chi connectivity index (χ3n) is 4.56. The molecule has 0 aromatic rings. The summed E-state index contributed by atoms with van der Waals surface area (Å²) < 4.78 is 0. The summed E-state index contributed by atoms with van der Waals surface area (Å²) in [5.41, 5.74) is 0.575. The second-order valence-electron chi connectivity index (χ2n) is 6.50. The molecule has 2 heteroatoms. The third kappa shape index (κ3) is 4.59. The van der Waals surface area contributed by atoms with Gasteiger partial charge in [-0.2, -0.15) is 0 Å². The van der Waals surface area contributed by atoms with Crippen molar-refractivity contribution in [2.24, 2.45) is 11.3 Å². The van der Waals surface area contributed by atoms with Gasteiger partial charge >= 0.3 is 0 Å². The highest BCUT2D eigenvalue weighted by Crippen LogP contribution is 2.33. The Morgan fingerprint density at radius 1 is 1.18 bits per heavy atom. The van der Waals surface area contributed by atoms with Gasteiger partial charge in [0.1, 0.15) is 0 Å². The highest BCUT2D eigenvalue weighted by atomic mass is 15.1. The van der Waals surface area contributed by atoms with Gasteiger partial charge in [-0.25, -0.2) is 0 Å². The summed E-state index contributed by atoms with van der Waals surface area (Å²) in [5, 5.41) is 3.49. The van der Waals surface area contributed by atoms with E-state index >= 15 is 0 Å². The highest BCUT2D eigenvalue weighted by molar-refractivity contribution is 4.87. The number of nitrogens with zero attached hydrogens (tertiary/aromatic N) is 1. The maximum Gasteiger partial charge on any atom is 0.00665 e. The average Bonchev–Trinajstić information content (AvgIpc) is 2.29. The summed E-state index contributed by atoms with van der Waals surface area (Å²) >= 11 is 0. The fourth-order valence-electron chi connectivity index (χ4n) is 3.13. The quantitative estimate of drug-likeness (QED) is 0.767. The van der Waals surface area contributed by atoms with Crippen molar-refractivity contribution >= 4 is 0 Å². The first-order chi connectivity index (χ1) is 7.99. The number of rotatable bonds is 6. The molecule has 17 heavy (non-hydrogen) atoms. The first kappa shape index (κ1) is 15.0. The van der Waals surface area contributed by atoms with Crippen LogP contribution in [-0.2, 0) is 0 Å². The Kier molecular flexibility index (Phi) is 5.94. The summed E-state index contributed by atoms with van der Waals surface area (Å²) in [6, 6.07) is 0.716. The molecule has 0 spiro atoms. The summed E-state index contributed by atoms with van der Waals surface area (Å²) in [7, 11) is 2.31. The largest absolute Gasteiger partial charge is 0.317 e. The summed E-state index contributed by atoms with van der Waals surface area (Å²) in [6.07, 6.45) is 5.34. The van der Waals surface area contributed by atoms with Crippen molar-refractivity contribution in [3.05, 3.63) is 0 Å². The lowest BCUT2D eigenvalue weighted by Gasteiger charge is -2.41. The molecular weight excluding hydrogens is 208 g/mol. The Hall–Kier alpha value is -0.0800. The van der Waals surface area contributed by atoms with E-state index < -0.39 is 0 Å². The van der Waals surface area contributed by atoms with E-state index in [1.807, 2.05) is 0 Å². The molecule has 1 aliphatic rings. The Bertz CT molecular complexity index is 207. The molecule has 1 unspecified atom stereocenters. The summed E-state index contributed by atoms with van der Waals surface area (Å²) in [6.45, 7) is 13.1. The van der Waals surface area contributed by atoms with Crippen LogP contribution in [0.4, 0.5) is 0 Å². The molecule has 1 rings (SSSR count). The van der Waals surface area contributed by atoms with Gasteiger partial charge in [0.05, 0.1) is 0 Å². The van der Waals surface area contributed by atoms with Crippen molar-refractivity contribution in [3.8, 4) is 0 Å². The van der Waals surface area contributed by atoms with Gasteiger partial charge < -0.3 is 10.2 Å². The van der Waals surface area contributed by atoms with Gasteiger partial charge in [-0.3, -0.25) is 0 Å². The van der Waals surface area contributed by atoms with Crippen LogP contribution in [0.3, 0.4) is 0 Å². The van der Waals surface area contributed by atoms with Crippen LogP contribution in [-0.4, -0.2) is 37.6 Å². The maximum absolute atomic E-state index is 3.49. The fourth-order valence-corrected chi connectivity index (χ4v) is 3.13. The topological polar surface area (TPSA) is 15.3 Å². The van der Waals surface area contributed by atoms with Crippen LogP contribution >= 0.6 is 0 Å². The summed E-state index contributed by atoms with van der Waals surface area (Å²) in [4.78, 5) is 2.59. The zero-order valence-electron chi connectivity index (χ0n) is 12.6. The molecule has 1 aliphatic heterocycles. The van der Waals surface area contributed by atoms with Crippen LogP contribution < -0.4 is 5.32 Å². The van der Waals surface area contributed by atoms with Crippen LogP contribution in [0.2, 0.25) is 0 Å². The van der Waals surface area contributed by atoms with Gasteiger partial charge in [0.15, 0.2) is 0 Å². The van der Waals surface area contributed by atoms with Gasteiger partial charge in [0.2, 0.25) is 0 Å². The maximum atomic E-state index is 3.49. The molecule has 0 amide bonds. The zero-order chi connectivity index (χ0) is 12.9. The molecule has 0 bridgehead atoms. The lowest BCUT2D eigenvalue weighted by atomic mass is 9.76. The molecule has 1 atom stereocenters. The molecule has 0 saturated carbocycles. The van der Waals surface area contributed by atoms with E-state index in [2.05, 4.69) is 45.0 Å². The van der Waals surface area contributed by atoms with Crippen LogP contribution in [0.25, 0.3) is 0 Å². The van der Waals surface area contributed by atoms with Crippen LogP contribution in [0, 0.1) is 11.3 Å². The van der Waals surface area contributed by atoms with Gasteiger partial charge in [0, 0.05) is 12.6 Å². The van der Waals surface area contributed by atoms with Gasteiger partial charge in [-0.05, 0) is 64.1 Å². The standard InChI is InChI=1S/C15H32N2/c1-6-15(7-9-16-10-8-15)12-17(5)14(4)11-13(2)3/h13-14,16H,6-12H2,1-5H3. The predicted molar refractivity (Wildman–Crippen MR) is 76.4 cm³/mol. The van der Waals surface area contributed by atoms with E-state index in [-0.39, 0.29) is 0 Å². The minimum Gasteiger partial charge on any atom is -0.317 e. The summed E-state index contributed by atoms with van der Waals surface area (Å²) in [5.74, 6) is 0.804. The Morgan fingerprint density at radius 3 is 2.24 bits per heavy atom. The molecule has 0 aromatic carbocycles. The minimum atomic E-state index is 0.575. The molecule has 0 aliphatic carbocycles. The average molecular weight is 240 g/mol. The van der Waals surface area contributed by atoms with E-state index in [0.717, 1.165) is 5.92 Å². The number of nitrogens with one attached hydrogen (secondary N) is 1. The predicted octanol–water partition coefficient (Wildman–Crippen LogP) is 3.13. The third-order valence-corrected chi connectivity index (χ3v) is 4.56. The Balaban J connectivity index is 2.49. The van der Waals surface area contributed by atoms with Crippen LogP contribution in [0.1, 0.15) is 53.4 Å². The Morgan fingerprint density at radius 2 is 1.76 bits per heavy atom. The lowest BCUT2D eigenvalue weighted by Crippen LogP contribution is -2.45. The zero-order valence-corrected chi connectivity index (χ0v) is 12.6. The fraction of sp³-hybridized carbons (Fsp3) is 1.00. The van der Waals surface area contributed by atoms with Crippen LogP contribution in [0.5, 0.6) is 0 Å². The van der Waals surface area contributed by atoms with Gasteiger partial charge in [-0.1, -0.05) is 20.8 Å². The van der Waals surface area contributed by atoms with Gasteiger partial charge in [-0.15, -0.1) is 0 Å². The van der Waals surface area contributed by atoms with Crippen molar-refractivity contribution in [3.63, 3.8) is 0 Å². The molecule has 1 fully saturated rings.